The van der Waals surface area contributed by atoms with Crippen LogP contribution in [0.15, 0.2) is 42.6 Å². The molecule has 10 heteroatoms. The van der Waals surface area contributed by atoms with Crippen LogP contribution in [0.4, 0.5) is 19.0 Å². The number of benzene rings is 1. The Kier molecular flexibility index (Phi) is 5.81. The molecule has 3 aromatic rings. The number of aryl methyl sites for hydroxylation is 1. The van der Waals surface area contributed by atoms with Crippen molar-refractivity contribution in [3.05, 3.63) is 65.4 Å². The van der Waals surface area contributed by atoms with Crippen LogP contribution in [0.2, 0.25) is 0 Å². The van der Waals surface area contributed by atoms with Crippen LogP contribution in [-0.2, 0) is 10.5 Å². The molecule has 1 aliphatic heterocycles. The summed E-state index contributed by atoms with van der Waals surface area (Å²) in [6.45, 7) is 1.82. The highest BCUT2D eigenvalue weighted by Gasteiger charge is 2.35. The topological polar surface area (TPSA) is 88.0 Å². The lowest BCUT2D eigenvalue weighted by molar-refractivity contribution is -0.0583. The Bertz CT molecular complexity index is 1250. The van der Waals surface area contributed by atoms with Gasteiger partial charge in [-0.25, -0.2) is 14.4 Å². The Labute approximate surface area is 183 Å². The molecular weight excluding hydrogens is 440 g/mol. The van der Waals surface area contributed by atoms with Crippen LogP contribution in [-0.4, -0.2) is 39.0 Å². The molecule has 1 atom stereocenters. The lowest BCUT2D eigenvalue weighted by Crippen LogP contribution is -2.22. The number of allylic oxidation sites excluding steroid dienone is 2. The molecule has 168 valence electrons. The number of pyridine rings is 1. The number of aliphatic hydroxyl groups is 1. The van der Waals surface area contributed by atoms with Crippen molar-refractivity contribution < 1.29 is 22.8 Å². The van der Waals surface area contributed by atoms with Crippen LogP contribution in [0, 0.1) is 12.7 Å². The monoisotopic (exact) mass is 462 g/mol. The maximum Gasteiger partial charge on any atom is 0.298 e. The summed E-state index contributed by atoms with van der Waals surface area (Å²) >= 11 is 0. The van der Waals surface area contributed by atoms with Crippen LogP contribution >= 0.6 is 7.14 Å². The first-order chi connectivity index (χ1) is 15.1. The van der Waals surface area contributed by atoms with Gasteiger partial charge in [0.2, 0.25) is 0 Å². The molecule has 32 heavy (non-hydrogen) atoms. The fourth-order valence-corrected chi connectivity index (χ4v) is 5.89. The lowest BCUT2D eigenvalue weighted by Gasteiger charge is -2.21. The molecule has 3 heterocycles. The van der Waals surface area contributed by atoms with E-state index in [0.29, 0.717) is 40.3 Å². The van der Waals surface area contributed by atoms with Crippen molar-refractivity contribution in [1.29, 1.82) is 0 Å². The van der Waals surface area contributed by atoms with Crippen LogP contribution in [0.25, 0.3) is 10.9 Å². The van der Waals surface area contributed by atoms with Gasteiger partial charge in [0.15, 0.2) is 0 Å². The average Bonchev–Trinajstić information content (AvgIpc) is 3.21. The number of aromatic nitrogens is 3. The second kappa shape index (κ2) is 8.30. The van der Waals surface area contributed by atoms with Gasteiger partial charge in [0.1, 0.15) is 36.6 Å². The minimum absolute atomic E-state index is 0.00195. The summed E-state index contributed by atoms with van der Waals surface area (Å²) in [5.41, 5.74) is 0.125. The number of fused-ring (bicyclic) bond motifs is 1. The zero-order chi connectivity index (χ0) is 23.1. The predicted octanol–water partition coefficient (Wildman–Crippen LogP) is 4.29. The quantitative estimate of drug-likeness (QED) is 0.420. The average molecular weight is 462 g/mol. The van der Waals surface area contributed by atoms with Crippen LogP contribution in [0.3, 0.4) is 0 Å². The molecule has 1 aliphatic rings. The molecule has 0 fully saturated rings. The van der Waals surface area contributed by atoms with Gasteiger partial charge >= 0.3 is 0 Å². The zero-order valence-corrected chi connectivity index (χ0v) is 18.4. The van der Waals surface area contributed by atoms with Crippen LogP contribution < -0.4 is 10.8 Å². The highest BCUT2D eigenvalue weighted by Crippen LogP contribution is 2.47. The van der Waals surface area contributed by atoms with Gasteiger partial charge in [-0.05, 0) is 26.0 Å². The normalized spacial score (nSPS) is 16.4. The molecule has 1 aromatic carbocycles. The fraction of sp³-hybridized carbons (Fsp3) is 0.318. The third-order valence-corrected chi connectivity index (χ3v) is 8.19. The van der Waals surface area contributed by atoms with E-state index in [1.165, 1.54) is 18.3 Å². The van der Waals surface area contributed by atoms with E-state index in [0.717, 1.165) is 6.07 Å². The number of nitrogens with one attached hydrogen (secondary N) is 1. The Morgan fingerprint density at radius 1 is 1.25 bits per heavy atom. The van der Waals surface area contributed by atoms with Crippen LogP contribution in [0.1, 0.15) is 29.9 Å². The molecule has 0 saturated heterocycles. The zero-order valence-electron chi connectivity index (χ0n) is 17.5. The second-order valence-electron chi connectivity index (χ2n) is 7.84. The predicted molar refractivity (Wildman–Crippen MR) is 118 cm³/mol. The van der Waals surface area contributed by atoms with Gasteiger partial charge in [-0.15, -0.1) is 0 Å². The third-order valence-electron chi connectivity index (χ3n) is 5.51. The molecule has 0 aliphatic carbocycles. The van der Waals surface area contributed by atoms with E-state index in [1.54, 1.807) is 19.9 Å². The van der Waals surface area contributed by atoms with Crippen molar-refractivity contribution in [3.8, 4) is 0 Å². The number of nitrogens with zero attached hydrogens (tertiary/aromatic N) is 3. The van der Waals surface area contributed by atoms with Gasteiger partial charge in [-0.1, -0.05) is 24.3 Å². The largest absolute Gasteiger partial charge is 0.390 e. The van der Waals surface area contributed by atoms with E-state index in [9.17, 15) is 17.7 Å². The number of anilines is 1. The summed E-state index contributed by atoms with van der Waals surface area (Å²) in [5, 5.41) is 12.6. The van der Waals surface area contributed by atoms with Gasteiger partial charge < -0.3 is 15.0 Å². The molecule has 0 spiro atoms. The first kappa shape index (κ1) is 22.4. The lowest BCUT2D eigenvalue weighted by atomic mass is 10.00. The van der Waals surface area contributed by atoms with Gasteiger partial charge in [0, 0.05) is 23.3 Å². The number of halogens is 3. The minimum Gasteiger partial charge on any atom is -0.390 e. The maximum absolute atomic E-state index is 14.9. The standard InChI is InChI=1S/C22H22F3N4O2P/c1-13(15-6-5-7-17(20(15)23)22(24,25)12-30)27-21-16-10-19(32(31)8-3-4-9-32)26-11-18(16)28-14(2)29-21/h3-7,10-11,13,30H,8-9,12H2,1-2H3,(H,27,28,29)/t13-/m1/s1. The van der Waals surface area contributed by atoms with Crippen molar-refractivity contribution in [3.63, 3.8) is 0 Å². The molecule has 2 aromatic heterocycles. The summed E-state index contributed by atoms with van der Waals surface area (Å²) in [4.78, 5) is 13.1. The van der Waals surface area contributed by atoms with Crippen molar-refractivity contribution in [2.75, 3.05) is 24.2 Å². The molecule has 2 N–H and O–H groups in total. The SMILES string of the molecule is Cc1nc(N[C@H](C)c2cccc(C(F)(F)CO)c2F)c2cc(P3(=O)CC=CC3)ncc2n1. The summed E-state index contributed by atoms with van der Waals surface area (Å²) in [5.74, 6) is -3.98. The number of aliphatic hydroxyl groups excluding tert-OH is 1. The van der Waals surface area contributed by atoms with Crippen LogP contribution in [0.5, 0.6) is 0 Å². The summed E-state index contributed by atoms with van der Waals surface area (Å²) in [6, 6.07) is 4.62. The minimum atomic E-state index is -3.69. The number of rotatable bonds is 6. The van der Waals surface area contributed by atoms with E-state index in [4.69, 9.17) is 5.11 Å². The van der Waals surface area contributed by atoms with Gasteiger partial charge in [0.05, 0.1) is 23.3 Å². The Balaban J connectivity index is 1.74. The molecule has 0 unspecified atom stereocenters. The van der Waals surface area contributed by atoms with Crippen molar-refractivity contribution in [2.24, 2.45) is 0 Å². The van der Waals surface area contributed by atoms with E-state index in [2.05, 4.69) is 20.3 Å². The van der Waals surface area contributed by atoms with E-state index < -0.39 is 37.1 Å². The highest BCUT2D eigenvalue weighted by molar-refractivity contribution is 7.72. The summed E-state index contributed by atoms with van der Waals surface area (Å²) in [6.07, 6.45) is 6.16. The van der Waals surface area contributed by atoms with Gasteiger partial charge in [-0.3, -0.25) is 4.98 Å². The van der Waals surface area contributed by atoms with E-state index in [1.807, 2.05) is 12.2 Å². The van der Waals surface area contributed by atoms with E-state index >= 15 is 0 Å². The number of alkyl halides is 2. The fourth-order valence-electron chi connectivity index (χ4n) is 3.76. The Morgan fingerprint density at radius 2 is 1.97 bits per heavy atom. The molecule has 6 nitrogen and oxygen atoms in total. The Hall–Kier alpha value is -2.77. The number of hydrogen-bond acceptors (Lipinski definition) is 6. The highest BCUT2D eigenvalue weighted by atomic mass is 31.2. The summed E-state index contributed by atoms with van der Waals surface area (Å²) < 4.78 is 55.9. The maximum atomic E-state index is 14.9. The molecular formula is C22H22F3N4O2P. The second-order valence-corrected chi connectivity index (χ2v) is 10.8. The Morgan fingerprint density at radius 3 is 2.66 bits per heavy atom. The molecule has 0 saturated carbocycles. The summed E-state index contributed by atoms with van der Waals surface area (Å²) in [7, 11) is -2.66. The first-order valence-corrected chi connectivity index (χ1v) is 12.1. The molecule has 0 radical (unpaired) electrons. The smallest absolute Gasteiger partial charge is 0.298 e. The van der Waals surface area contributed by atoms with E-state index in [-0.39, 0.29) is 5.56 Å². The van der Waals surface area contributed by atoms with Crippen molar-refractivity contribution >= 4 is 29.3 Å². The van der Waals surface area contributed by atoms with Gasteiger partial charge in [0.25, 0.3) is 5.92 Å². The van der Waals surface area contributed by atoms with Crippen molar-refractivity contribution in [1.82, 2.24) is 15.0 Å². The molecule has 4 rings (SSSR count). The third kappa shape index (κ3) is 4.02. The first-order valence-electron chi connectivity index (χ1n) is 10.1. The molecule has 0 amide bonds. The van der Waals surface area contributed by atoms with Crippen molar-refractivity contribution in [2.45, 2.75) is 25.8 Å². The van der Waals surface area contributed by atoms with Gasteiger partial charge in [-0.2, -0.15) is 8.78 Å². The number of hydrogen-bond donors (Lipinski definition) is 2. The molecule has 0 bridgehead atoms.